The summed E-state index contributed by atoms with van der Waals surface area (Å²) in [5, 5.41) is 13.6. The molecule has 3 atom stereocenters. The Balaban J connectivity index is 1.27. The molecule has 8 nitrogen and oxygen atoms in total. The van der Waals surface area contributed by atoms with Crippen LogP contribution in [0, 0.1) is 11.3 Å². The molecule has 44 heavy (non-hydrogen) atoms. The first kappa shape index (κ1) is 28.6. The molecule has 4 aromatic rings. The molecule has 1 amide bonds. The molecule has 0 bridgehead atoms. The van der Waals surface area contributed by atoms with Crippen molar-refractivity contribution < 1.29 is 18.3 Å². The Kier molecular flexibility index (Phi) is 7.42. The molecule has 2 aromatic heterocycles. The van der Waals surface area contributed by atoms with E-state index in [0.717, 1.165) is 35.9 Å². The number of nitriles is 1. The molecule has 2 aromatic carbocycles. The average molecular weight is 615 g/mol. The monoisotopic (exact) mass is 614 g/mol. The molecule has 0 N–H and O–H groups in total. The second-order valence-electron chi connectivity index (χ2n) is 11.9. The number of carbonyl (C=O) groups is 1. The Morgan fingerprint density at radius 1 is 1.18 bits per heavy atom. The van der Waals surface area contributed by atoms with Crippen LogP contribution < -0.4 is 9.64 Å². The van der Waals surface area contributed by atoms with Crippen LogP contribution in [0.15, 0.2) is 60.3 Å². The van der Waals surface area contributed by atoms with Crippen molar-refractivity contribution in [3.05, 3.63) is 60.3 Å². The van der Waals surface area contributed by atoms with E-state index in [1.54, 1.807) is 11.3 Å². The highest BCUT2D eigenvalue weighted by Crippen LogP contribution is 2.41. The van der Waals surface area contributed by atoms with Gasteiger partial charge in [-0.3, -0.25) is 9.69 Å². The minimum atomic E-state index is -1.04. The summed E-state index contributed by atoms with van der Waals surface area (Å²) in [5.74, 6) is -1.21. The van der Waals surface area contributed by atoms with Crippen molar-refractivity contribution in [2.45, 2.75) is 43.4 Å². The van der Waals surface area contributed by atoms with Gasteiger partial charge in [0.2, 0.25) is 0 Å². The molecule has 0 radical (unpaired) electrons. The molecule has 3 aliphatic rings. The lowest BCUT2D eigenvalue weighted by molar-refractivity contribution is -0.131. The molecular formula is C33H32F2N6O2S. The maximum Gasteiger partial charge on any atom is 0.319 e. The van der Waals surface area contributed by atoms with Gasteiger partial charge < -0.3 is 14.5 Å². The summed E-state index contributed by atoms with van der Waals surface area (Å²) in [6.07, 6.45) is 1.49. The summed E-state index contributed by atoms with van der Waals surface area (Å²) in [4.78, 5) is 27.8. The number of carbonyl (C=O) groups excluding carboxylic acids is 1. The van der Waals surface area contributed by atoms with E-state index in [0.29, 0.717) is 37.5 Å². The van der Waals surface area contributed by atoms with Gasteiger partial charge in [-0.2, -0.15) is 15.2 Å². The summed E-state index contributed by atoms with van der Waals surface area (Å²) >= 11 is 1.69. The molecule has 7 rings (SSSR count). The normalized spacial score (nSPS) is 23.7. The summed E-state index contributed by atoms with van der Waals surface area (Å²) in [6.45, 7) is 5.63. The van der Waals surface area contributed by atoms with Crippen molar-refractivity contribution in [1.29, 1.82) is 5.26 Å². The van der Waals surface area contributed by atoms with Gasteiger partial charge >= 0.3 is 6.01 Å². The van der Waals surface area contributed by atoms with E-state index in [1.165, 1.54) is 15.0 Å². The van der Waals surface area contributed by atoms with Crippen molar-refractivity contribution >= 4 is 44.1 Å². The fraction of sp³-hybridized carbons (Fsp3) is 0.394. The third-order valence-electron chi connectivity index (χ3n) is 9.28. The lowest BCUT2D eigenvalue weighted by Gasteiger charge is -2.41. The van der Waals surface area contributed by atoms with E-state index >= 15 is 0 Å². The van der Waals surface area contributed by atoms with E-state index in [1.807, 2.05) is 23.1 Å². The number of rotatable bonds is 7. The number of aromatic nitrogens is 2. The zero-order valence-corrected chi connectivity index (χ0v) is 25.0. The van der Waals surface area contributed by atoms with Crippen LogP contribution in [-0.2, 0) is 4.79 Å². The number of amides is 1. The third-order valence-corrected chi connectivity index (χ3v) is 10.2. The number of anilines is 1. The molecule has 226 valence electrons. The van der Waals surface area contributed by atoms with Crippen molar-refractivity contribution in [2.24, 2.45) is 0 Å². The number of benzene rings is 2. The highest BCUT2D eigenvalue weighted by molar-refractivity contribution is 7.17. The number of piperazine rings is 1. The van der Waals surface area contributed by atoms with Crippen LogP contribution in [0.4, 0.5) is 14.6 Å². The highest BCUT2D eigenvalue weighted by atomic mass is 32.1. The van der Waals surface area contributed by atoms with Crippen molar-refractivity contribution in [3.63, 3.8) is 0 Å². The van der Waals surface area contributed by atoms with Crippen LogP contribution in [0.1, 0.15) is 25.7 Å². The van der Waals surface area contributed by atoms with E-state index in [4.69, 9.17) is 14.7 Å². The van der Waals surface area contributed by atoms with Crippen molar-refractivity contribution in [1.82, 2.24) is 19.8 Å². The molecule has 0 spiro atoms. The first-order valence-corrected chi connectivity index (χ1v) is 15.8. The van der Waals surface area contributed by atoms with Crippen LogP contribution in [0.5, 0.6) is 6.01 Å². The predicted molar refractivity (Wildman–Crippen MR) is 167 cm³/mol. The van der Waals surface area contributed by atoms with Gasteiger partial charge in [0.1, 0.15) is 18.6 Å². The zero-order chi connectivity index (χ0) is 30.4. The van der Waals surface area contributed by atoms with Gasteiger partial charge in [-0.05, 0) is 59.5 Å². The fourth-order valence-electron chi connectivity index (χ4n) is 7.18. The van der Waals surface area contributed by atoms with Gasteiger partial charge in [0.05, 0.1) is 29.6 Å². The quantitative estimate of drug-likeness (QED) is 0.240. The maximum absolute atomic E-state index is 14.4. The Bertz CT molecular complexity index is 1810. The van der Waals surface area contributed by atoms with Crippen LogP contribution >= 0.6 is 11.3 Å². The van der Waals surface area contributed by atoms with Crippen molar-refractivity contribution in [3.8, 4) is 23.2 Å². The first-order chi connectivity index (χ1) is 21.3. The number of halogens is 2. The average Bonchev–Trinajstić information content (AvgIpc) is 3.73. The second kappa shape index (κ2) is 11.4. The van der Waals surface area contributed by atoms with Gasteiger partial charge in [-0.15, -0.1) is 11.3 Å². The van der Waals surface area contributed by atoms with Crippen molar-refractivity contribution in [2.75, 3.05) is 44.2 Å². The third kappa shape index (κ3) is 5.06. The number of thiophene rings is 1. The summed E-state index contributed by atoms with van der Waals surface area (Å²) < 4.78 is 35.8. The van der Waals surface area contributed by atoms with Gasteiger partial charge in [-0.1, -0.05) is 30.8 Å². The van der Waals surface area contributed by atoms with Crippen LogP contribution in [-0.4, -0.2) is 82.8 Å². The molecule has 0 aliphatic carbocycles. The highest BCUT2D eigenvalue weighted by Gasteiger charge is 2.49. The summed E-state index contributed by atoms with van der Waals surface area (Å²) in [5.41, 5.74) is 2.46. The molecule has 5 heterocycles. The number of hydrogen-bond acceptors (Lipinski definition) is 8. The van der Waals surface area contributed by atoms with E-state index < -0.39 is 23.9 Å². The van der Waals surface area contributed by atoms with Crippen LogP contribution in [0.2, 0.25) is 0 Å². The Morgan fingerprint density at radius 3 is 2.91 bits per heavy atom. The van der Waals surface area contributed by atoms with Gasteiger partial charge in [0.15, 0.2) is 5.83 Å². The SMILES string of the molecule is C=C(F)C(=O)N1CCN(c2nc(OCC34CCCN3C[C@H](F)C4)nc3cc(-c4cccc5ccsc45)ccc23)C[C@@H]1CC#N. The lowest BCUT2D eigenvalue weighted by atomic mass is 9.95. The van der Waals surface area contributed by atoms with E-state index in [-0.39, 0.29) is 31.1 Å². The zero-order valence-electron chi connectivity index (χ0n) is 24.2. The number of hydrogen-bond donors (Lipinski definition) is 0. The van der Waals surface area contributed by atoms with Gasteiger partial charge in [-0.25, -0.2) is 8.78 Å². The summed E-state index contributed by atoms with van der Waals surface area (Å²) in [7, 11) is 0. The Morgan fingerprint density at radius 2 is 2.07 bits per heavy atom. The number of nitrogens with zero attached hydrogens (tertiary/aromatic N) is 6. The van der Waals surface area contributed by atoms with Gasteiger partial charge in [0, 0.05) is 42.7 Å². The first-order valence-electron chi connectivity index (χ1n) is 14.9. The maximum atomic E-state index is 14.4. The number of alkyl halides is 1. The van der Waals surface area contributed by atoms with E-state index in [9.17, 15) is 18.8 Å². The Hall–Kier alpha value is -4.14. The largest absolute Gasteiger partial charge is 0.461 e. The Labute approximate surface area is 258 Å². The standard InChI is InChI=1S/C33H32F2N6O2S/c1-21(34)31(42)41-14-13-39(19-25(41)8-11-36)30-27-7-6-23(26-5-2-4-22-9-15-44-29(22)26)16-28(27)37-32(38-30)43-20-33-10-3-12-40(33)18-24(35)17-33/h2,4-7,9,15-16,24-25H,1,3,8,10,12-14,17-20H2/t24-,25+,33?/m1/s1. The topological polar surface area (TPSA) is 85.6 Å². The molecule has 3 fully saturated rings. The number of fused-ring (bicyclic) bond motifs is 3. The fourth-order valence-corrected chi connectivity index (χ4v) is 8.12. The molecule has 1 unspecified atom stereocenters. The summed E-state index contributed by atoms with van der Waals surface area (Å²) in [6, 6.07) is 16.2. The van der Waals surface area contributed by atoms with Crippen LogP contribution in [0.25, 0.3) is 32.1 Å². The predicted octanol–water partition coefficient (Wildman–Crippen LogP) is 5.88. The minimum Gasteiger partial charge on any atom is -0.461 e. The lowest BCUT2D eigenvalue weighted by Crippen LogP contribution is -2.55. The molecule has 11 heteroatoms. The smallest absolute Gasteiger partial charge is 0.319 e. The van der Waals surface area contributed by atoms with Gasteiger partial charge in [0.25, 0.3) is 5.91 Å². The minimum absolute atomic E-state index is 0.0413. The molecule has 0 saturated carbocycles. The molecule has 3 saturated heterocycles. The van der Waals surface area contributed by atoms with Crippen LogP contribution in [0.3, 0.4) is 0 Å². The molecular weight excluding hydrogens is 582 g/mol. The van der Waals surface area contributed by atoms with E-state index in [2.05, 4.69) is 47.2 Å². The second-order valence-corrected chi connectivity index (χ2v) is 12.9. The molecule has 3 aliphatic heterocycles. The number of ether oxygens (including phenoxy) is 1.